The molecule has 3 nitrogen and oxygen atoms in total. The molecule has 0 fully saturated rings. The van der Waals surface area contributed by atoms with Crippen molar-refractivity contribution in [2.45, 2.75) is 6.92 Å². The van der Waals surface area contributed by atoms with Crippen LogP contribution in [-0.4, -0.2) is 12.1 Å². The third-order valence-corrected chi connectivity index (χ3v) is 2.64. The van der Waals surface area contributed by atoms with Crippen LogP contribution in [0.3, 0.4) is 0 Å². The molecular weight excluding hydrogens is 208 g/mol. The topological polar surface area (TPSA) is 34.1 Å². The first kappa shape index (κ1) is 9.98. The second kappa shape index (κ2) is 4.31. The highest BCUT2D eigenvalue weighted by atomic mass is 32.1. The number of methoxy groups -OCH3 is 1. The van der Waals surface area contributed by atoms with Crippen LogP contribution in [0.4, 0.5) is 11.5 Å². The summed E-state index contributed by atoms with van der Waals surface area (Å²) in [4.78, 5) is 4.37. The number of aromatic nitrogens is 1. The SMILES string of the molecule is COc1cc(C)nc(Nc2ccsc2)c1. The molecular formula is C11H12N2OS. The van der Waals surface area contributed by atoms with Gasteiger partial charge in [-0.05, 0) is 18.4 Å². The number of nitrogens with zero attached hydrogens (tertiary/aromatic N) is 1. The fourth-order valence-corrected chi connectivity index (χ4v) is 1.89. The van der Waals surface area contributed by atoms with E-state index in [2.05, 4.69) is 10.3 Å². The normalized spacial score (nSPS) is 10.0. The van der Waals surface area contributed by atoms with E-state index >= 15 is 0 Å². The summed E-state index contributed by atoms with van der Waals surface area (Å²) < 4.78 is 5.18. The van der Waals surface area contributed by atoms with Gasteiger partial charge in [-0.1, -0.05) is 0 Å². The van der Waals surface area contributed by atoms with Gasteiger partial charge in [-0.25, -0.2) is 4.98 Å². The molecule has 2 aromatic rings. The molecule has 78 valence electrons. The fourth-order valence-electron chi connectivity index (χ4n) is 1.30. The van der Waals surface area contributed by atoms with Crippen molar-refractivity contribution in [2.75, 3.05) is 12.4 Å². The number of anilines is 2. The molecule has 0 aliphatic rings. The number of hydrogen-bond acceptors (Lipinski definition) is 4. The average Bonchev–Trinajstić information content (AvgIpc) is 2.69. The summed E-state index contributed by atoms with van der Waals surface area (Å²) in [5, 5.41) is 7.28. The maximum Gasteiger partial charge on any atom is 0.134 e. The first-order valence-electron chi connectivity index (χ1n) is 4.60. The first-order valence-corrected chi connectivity index (χ1v) is 5.54. The highest BCUT2D eigenvalue weighted by Gasteiger charge is 2.00. The summed E-state index contributed by atoms with van der Waals surface area (Å²) in [7, 11) is 1.66. The molecule has 15 heavy (non-hydrogen) atoms. The third kappa shape index (κ3) is 2.47. The van der Waals surface area contributed by atoms with E-state index in [4.69, 9.17) is 4.74 Å². The average molecular weight is 220 g/mol. The van der Waals surface area contributed by atoms with Gasteiger partial charge >= 0.3 is 0 Å². The number of hydrogen-bond donors (Lipinski definition) is 1. The van der Waals surface area contributed by atoms with Crippen molar-refractivity contribution in [1.82, 2.24) is 4.98 Å². The van der Waals surface area contributed by atoms with E-state index in [0.717, 1.165) is 22.9 Å². The summed E-state index contributed by atoms with van der Waals surface area (Å²) in [6.07, 6.45) is 0. The molecule has 2 heterocycles. The minimum atomic E-state index is 0.810. The molecule has 2 rings (SSSR count). The first-order chi connectivity index (χ1) is 7.28. The van der Waals surface area contributed by atoms with Gasteiger partial charge in [0.2, 0.25) is 0 Å². The minimum absolute atomic E-state index is 0.810. The van der Waals surface area contributed by atoms with Crippen molar-refractivity contribution in [2.24, 2.45) is 0 Å². The Morgan fingerprint density at radius 1 is 1.40 bits per heavy atom. The van der Waals surface area contributed by atoms with Crippen molar-refractivity contribution < 1.29 is 4.74 Å². The van der Waals surface area contributed by atoms with E-state index in [-0.39, 0.29) is 0 Å². The highest BCUT2D eigenvalue weighted by Crippen LogP contribution is 2.21. The Hall–Kier alpha value is -1.55. The molecule has 0 aliphatic heterocycles. The van der Waals surface area contributed by atoms with Gasteiger partial charge < -0.3 is 10.1 Å². The van der Waals surface area contributed by atoms with Crippen LogP contribution in [0.5, 0.6) is 5.75 Å². The van der Waals surface area contributed by atoms with E-state index in [9.17, 15) is 0 Å². The number of ether oxygens (including phenoxy) is 1. The molecule has 2 aromatic heterocycles. The zero-order valence-corrected chi connectivity index (χ0v) is 9.47. The van der Waals surface area contributed by atoms with Crippen LogP contribution < -0.4 is 10.1 Å². The molecule has 0 aliphatic carbocycles. The molecule has 0 unspecified atom stereocenters. The lowest BCUT2D eigenvalue weighted by Crippen LogP contribution is -1.95. The Morgan fingerprint density at radius 2 is 2.27 bits per heavy atom. The molecule has 4 heteroatoms. The van der Waals surface area contributed by atoms with Crippen LogP contribution in [0, 0.1) is 6.92 Å². The largest absolute Gasteiger partial charge is 0.497 e. The van der Waals surface area contributed by atoms with E-state index in [1.165, 1.54) is 0 Å². The molecule has 0 atom stereocenters. The summed E-state index contributed by atoms with van der Waals surface area (Å²) in [5.41, 5.74) is 1.99. The van der Waals surface area contributed by atoms with Crippen LogP contribution in [0.1, 0.15) is 5.69 Å². The predicted octanol–water partition coefficient (Wildman–Crippen LogP) is 3.20. The van der Waals surface area contributed by atoms with Crippen molar-refractivity contribution in [1.29, 1.82) is 0 Å². The Balaban J connectivity index is 2.24. The number of aryl methyl sites for hydroxylation is 1. The lowest BCUT2D eigenvalue weighted by molar-refractivity contribution is 0.414. The second-order valence-corrected chi connectivity index (χ2v) is 3.95. The van der Waals surface area contributed by atoms with Gasteiger partial charge in [0, 0.05) is 23.2 Å². The molecule has 1 N–H and O–H groups in total. The van der Waals surface area contributed by atoms with E-state index in [1.54, 1.807) is 18.4 Å². The standard InChI is InChI=1S/C11H12N2OS/c1-8-5-10(14-2)6-11(12-8)13-9-3-4-15-7-9/h3-7H,1-2H3,(H,12,13). The van der Waals surface area contributed by atoms with E-state index in [1.807, 2.05) is 35.9 Å². The van der Waals surface area contributed by atoms with Crippen LogP contribution in [-0.2, 0) is 0 Å². The maximum atomic E-state index is 5.18. The lowest BCUT2D eigenvalue weighted by atomic mass is 10.3. The number of thiophene rings is 1. The van der Waals surface area contributed by atoms with Crippen molar-refractivity contribution in [3.63, 3.8) is 0 Å². The van der Waals surface area contributed by atoms with Gasteiger partial charge in [-0.3, -0.25) is 0 Å². The molecule has 0 bridgehead atoms. The van der Waals surface area contributed by atoms with Gasteiger partial charge in [0.1, 0.15) is 11.6 Å². The number of rotatable bonds is 3. The van der Waals surface area contributed by atoms with Gasteiger partial charge in [0.15, 0.2) is 0 Å². The number of nitrogens with one attached hydrogen (secondary N) is 1. The fraction of sp³-hybridized carbons (Fsp3) is 0.182. The van der Waals surface area contributed by atoms with Crippen molar-refractivity contribution in [3.05, 3.63) is 34.7 Å². The van der Waals surface area contributed by atoms with Gasteiger partial charge in [-0.15, -0.1) is 0 Å². The summed E-state index contributed by atoms with van der Waals surface area (Å²) in [5.74, 6) is 1.63. The highest BCUT2D eigenvalue weighted by molar-refractivity contribution is 7.08. The van der Waals surface area contributed by atoms with Crippen molar-refractivity contribution >= 4 is 22.8 Å². The van der Waals surface area contributed by atoms with Crippen LogP contribution in [0.2, 0.25) is 0 Å². The second-order valence-electron chi connectivity index (χ2n) is 3.17. The van der Waals surface area contributed by atoms with E-state index in [0.29, 0.717) is 0 Å². The summed E-state index contributed by atoms with van der Waals surface area (Å²) >= 11 is 1.65. The Morgan fingerprint density at radius 3 is 2.93 bits per heavy atom. The molecule has 0 saturated carbocycles. The quantitative estimate of drug-likeness (QED) is 0.862. The van der Waals surface area contributed by atoms with Gasteiger partial charge in [0.25, 0.3) is 0 Å². The minimum Gasteiger partial charge on any atom is -0.497 e. The monoisotopic (exact) mass is 220 g/mol. The van der Waals surface area contributed by atoms with E-state index < -0.39 is 0 Å². The predicted molar refractivity (Wildman–Crippen MR) is 63.1 cm³/mol. The molecule has 0 spiro atoms. The Labute approximate surface area is 92.7 Å². The van der Waals surface area contributed by atoms with Crippen LogP contribution >= 0.6 is 11.3 Å². The Bertz CT molecular complexity index is 440. The molecule has 0 amide bonds. The van der Waals surface area contributed by atoms with Crippen LogP contribution in [0.15, 0.2) is 29.0 Å². The third-order valence-electron chi connectivity index (χ3n) is 1.96. The Kier molecular flexibility index (Phi) is 2.87. The summed E-state index contributed by atoms with van der Waals surface area (Å²) in [6, 6.07) is 5.80. The smallest absolute Gasteiger partial charge is 0.134 e. The lowest BCUT2D eigenvalue weighted by Gasteiger charge is -2.06. The van der Waals surface area contributed by atoms with Gasteiger partial charge in [0.05, 0.1) is 12.8 Å². The summed E-state index contributed by atoms with van der Waals surface area (Å²) in [6.45, 7) is 1.95. The van der Waals surface area contributed by atoms with Crippen molar-refractivity contribution in [3.8, 4) is 5.75 Å². The van der Waals surface area contributed by atoms with Gasteiger partial charge in [-0.2, -0.15) is 11.3 Å². The maximum absolute atomic E-state index is 5.18. The zero-order chi connectivity index (χ0) is 10.7. The van der Waals surface area contributed by atoms with Crippen LogP contribution in [0.25, 0.3) is 0 Å². The zero-order valence-electron chi connectivity index (χ0n) is 8.65. The molecule has 0 saturated heterocycles. The molecule has 0 aromatic carbocycles. The number of pyridine rings is 1. The molecule has 0 radical (unpaired) electrons.